The van der Waals surface area contributed by atoms with Crippen molar-refractivity contribution in [1.82, 2.24) is 19.8 Å². The first-order chi connectivity index (χ1) is 17.6. The van der Waals surface area contributed by atoms with Crippen LogP contribution in [0.2, 0.25) is 0 Å². The Morgan fingerprint density at radius 3 is 3.00 bits per heavy atom. The summed E-state index contributed by atoms with van der Waals surface area (Å²) in [6.45, 7) is 1.40. The first-order valence-corrected chi connectivity index (χ1v) is 12.6. The van der Waals surface area contributed by atoms with Gasteiger partial charge in [0.05, 0.1) is 7.11 Å². The van der Waals surface area contributed by atoms with Gasteiger partial charge in [0, 0.05) is 53.7 Å². The normalized spacial score (nSPS) is 14.8. The summed E-state index contributed by atoms with van der Waals surface area (Å²) in [5, 5.41) is 4.98. The van der Waals surface area contributed by atoms with E-state index in [1.165, 1.54) is 10.4 Å². The van der Waals surface area contributed by atoms with Crippen molar-refractivity contribution in [3.63, 3.8) is 0 Å². The highest BCUT2D eigenvalue weighted by atomic mass is 32.1. The average molecular weight is 501 g/mol. The molecule has 2 aliphatic rings. The van der Waals surface area contributed by atoms with Gasteiger partial charge >= 0.3 is 0 Å². The topological polar surface area (TPSA) is 85.7 Å². The lowest BCUT2D eigenvalue weighted by Gasteiger charge is -2.27. The first kappa shape index (κ1) is 22.4. The van der Waals surface area contributed by atoms with E-state index in [0.29, 0.717) is 36.0 Å². The molecule has 2 amide bonds. The fourth-order valence-electron chi connectivity index (χ4n) is 4.69. The molecule has 2 aromatic heterocycles. The third-order valence-electron chi connectivity index (χ3n) is 6.51. The molecule has 8 nitrogen and oxygen atoms in total. The zero-order chi connectivity index (χ0) is 24.6. The molecule has 0 saturated heterocycles. The van der Waals surface area contributed by atoms with E-state index in [0.717, 1.165) is 23.2 Å². The number of imidazole rings is 1. The minimum absolute atomic E-state index is 0.0256. The van der Waals surface area contributed by atoms with E-state index in [1.807, 2.05) is 46.0 Å². The molecule has 2 aromatic carbocycles. The maximum absolute atomic E-state index is 13.6. The van der Waals surface area contributed by atoms with Gasteiger partial charge in [0.1, 0.15) is 5.82 Å². The second-order valence-electron chi connectivity index (χ2n) is 8.79. The number of ether oxygens (including phenoxy) is 2. The van der Waals surface area contributed by atoms with Crippen LogP contribution in [-0.2, 0) is 24.3 Å². The van der Waals surface area contributed by atoms with Crippen molar-refractivity contribution in [2.75, 3.05) is 20.3 Å². The summed E-state index contributed by atoms with van der Waals surface area (Å²) in [7, 11) is 1.56. The lowest BCUT2D eigenvalue weighted by Crippen LogP contribution is -2.35. The Balaban J connectivity index is 1.43. The second kappa shape index (κ2) is 9.16. The van der Waals surface area contributed by atoms with E-state index in [1.54, 1.807) is 30.7 Å². The Hall–Kier alpha value is -4.11. The highest BCUT2D eigenvalue weighted by molar-refractivity contribution is 7.10. The van der Waals surface area contributed by atoms with Crippen molar-refractivity contribution in [2.24, 2.45) is 0 Å². The minimum atomic E-state index is -0.265. The summed E-state index contributed by atoms with van der Waals surface area (Å²) >= 11 is 1.75. The Kier molecular flexibility index (Phi) is 5.69. The quantitative estimate of drug-likeness (QED) is 0.452. The Morgan fingerprint density at radius 2 is 2.11 bits per heavy atom. The molecule has 0 unspecified atom stereocenters. The number of methoxy groups -OCH3 is 1. The summed E-state index contributed by atoms with van der Waals surface area (Å²) in [4.78, 5) is 34.0. The first-order valence-electron chi connectivity index (χ1n) is 11.7. The maximum Gasteiger partial charge on any atom is 0.258 e. The average Bonchev–Trinajstić information content (AvgIpc) is 3.59. The largest absolute Gasteiger partial charge is 0.493 e. The molecule has 6 rings (SSSR count). The Morgan fingerprint density at radius 1 is 1.19 bits per heavy atom. The molecular weight excluding hydrogens is 476 g/mol. The van der Waals surface area contributed by atoms with Crippen LogP contribution in [0.5, 0.6) is 11.5 Å². The highest BCUT2D eigenvalue weighted by Gasteiger charge is 2.24. The van der Waals surface area contributed by atoms with Crippen LogP contribution >= 0.6 is 11.3 Å². The zero-order valence-corrected chi connectivity index (χ0v) is 20.5. The van der Waals surface area contributed by atoms with Crippen LogP contribution in [0.4, 0.5) is 0 Å². The number of carbonyl (C=O) groups is 2. The highest BCUT2D eigenvalue weighted by Crippen LogP contribution is 2.33. The third kappa shape index (κ3) is 4.11. The van der Waals surface area contributed by atoms with Crippen molar-refractivity contribution >= 4 is 23.2 Å². The number of fused-ring (bicyclic) bond motifs is 8. The Bertz CT molecular complexity index is 1470. The van der Waals surface area contributed by atoms with Gasteiger partial charge < -0.3 is 19.7 Å². The molecule has 182 valence electrons. The van der Waals surface area contributed by atoms with E-state index in [4.69, 9.17) is 9.47 Å². The number of nitrogens with zero attached hydrogens (tertiary/aromatic N) is 3. The van der Waals surface area contributed by atoms with E-state index in [-0.39, 0.29) is 25.0 Å². The number of carbonyl (C=O) groups excluding carboxylic acids is 2. The molecule has 1 N–H and O–H groups in total. The van der Waals surface area contributed by atoms with Gasteiger partial charge in [-0.25, -0.2) is 4.98 Å². The van der Waals surface area contributed by atoms with Gasteiger partial charge in [0.15, 0.2) is 18.1 Å². The maximum atomic E-state index is 13.6. The van der Waals surface area contributed by atoms with Crippen LogP contribution in [0.15, 0.2) is 60.2 Å². The standard InChI is InChI=1S/C27H24N4O4S/c1-34-22-3-2-18-13-23(22)35-16-25(32)29-14-17-10-20(12-21(11-17)31-8-6-28-26(18)31)27(33)30-7-4-24-19(15-30)5-9-36-24/h2-3,5-6,8-13H,4,7,14-16H2,1H3,(H,29,32). The van der Waals surface area contributed by atoms with Crippen molar-refractivity contribution in [3.05, 3.63) is 81.8 Å². The van der Waals surface area contributed by atoms with E-state index >= 15 is 0 Å². The second-order valence-corrected chi connectivity index (χ2v) is 9.79. The lowest BCUT2D eigenvalue weighted by atomic mass is 10.0. The van der Waals surface area contributed by atoms with Gasteiger partial charge in [0.25, 0.3) is 11.8 Å². The fourth-order valence-corrected chi connectivity index (χ4v) is 5.58. The van der Waals surface area contributed by atoms with Gasteiger partial charge in [-0.2, -0.15) is 0 Å². The minimum Gasteiger partial charge on any atom is -0.493 e. The number of amides is 2. The van der Waals surface area contributed by atoms with Gasteiger partial charge in [-0.3, -0.25) is 14.2 Å². The molecule has 4 aromatic rings. The van der Waals surface area contributed by atoms with Crippen LogP contribution in [0.3, 0.4) is 0 Å². The lowest BCUT2D eigenvalue weighted by molar-refractivity contribution is -0.123. The molecule has 0 saturated carbocycles. The summed E-state index contributed by atoms with van der Waals surface area (Å²) in [6.07, 6.45) is 4.46. The molecule has 0 atom stereocenters. The molecule has 36 heavy (non-hydrogen) atoms. The fraction of sp³-hybridized carbons (Fsp3) is 0.222. The van der Waals surface area contributed by atoms with Crippen LogP contribution in [0, 0.1) is 0 Å². The molecule has 0 spiro atoms. The molecule has 0 fully saturated rings. The number of thiophene rings is 1. The van der Waals surface area contributed by atoms with Crippen molar-refractivity contribution in [3.8, 4) is 28.6 Å². The van der Waals surface area contributed by atoms with Gasteiger partial charge in [0.2, 0.25) is 0 Å². The molecule has 4 bridgehead atoms. The van der Waals surface area contributed by atoms with E-state index in [2.05, 4.69) is 21.7 Å². The zero-order valence-electron chi connectivity index (χ0n) is 19.7. The predicted molar refractivity (Wildman–Crippen MR) is 136 cm³/mol. The smallest absolute Gasteiger partial charge is 0.258 e. The molecule has 2 aliphatic heterocycles. The molecule has 4 heterocycles. The molecule has 0 aliphatic carbocycles. The van der Waals surface area contributed by atoms with Crippen LogP contribution in [-0.4, -0.2) is 46.5 Å². The van der Waals surface area contributed by atoms with Gasteiger partial charge in [-0.15, -0.1) is 11.3 Å². The summed E-state index contributed by atoms with van der Waals surface area (Å²) in [6, 6.07) is 13.3. The summed E-state index contributed by atoms with van der Waals surface area (Å²) in [5.74, 6) is 1.39. The van der Waals surface area contributed by atoms with Crippen molar-refractivity contribution in [1.29, 1.82) is 0 Å². The molecular formula is C27H24N4O4S. The van der Waals surface area contributed by atoms with Crippen LogP contribution < -0.4 is 14.8 Å². The number of rotatable bonds is 2. The van der Waals surface area contributed by atoms with Gasteiger partial charge in [-0.1, -0.05) is 0 Å². The van der Waals surface area contributed by atoms with E-state index < -0.39 is 0 Å². The number of nitrogens with one attached hydrogen (secondary N) is 1. The van der Waals surface area contributed by atoms with Gasteiger partial charge in [-0.05, 0) is 65.4 Å². The molecule has 0 radical (unpaired) electrons. The number of hydrogen-bond acceptors (Lipinski definition) is 6. The van der Waals surface area contributed by atoms with Crippen molar-refractivity contribution < 1.29 is 19.1 Å². The number of hydrogen-bond donors (Lipinski definition) is 1. The Labute approximate surface area is 212 Å². The predicted octanol–water partition coefficient (Wildman–Crippen LogP) is 3.82. The van der Waals surface area contributed by atoms with Crippen molar-refractivity contribution in [2.45, 2.75) is 19.5 Å². The monoisotopic (exact) mass is 500 g/mol. The molecule has 9 heteroatoms. The SMILES string of the molecule is COc1ccc2cc1OCC(=O)NCc1cc(C(=O)N3CCc4sccc4C3)cc(c1)-n1ccnc1-2. The summed E-state index contributed by atoms with van der Waals surface area (Å²) < 4.78 is 13.1. The number of aromatic nitrogens is 2. The van der Waals surface area contributed by atoms with Crippen LogP contribution in [0.25, 0.3) is 17.1 Å². The van der Waals surface area contributed by atoms with Crippen LogP contribution in [0.1, 0.15) is 26.4 Å². The van der Waals surface area contributed by atoms with E-state index in [9.17, 15) is 9.59 Å². The summed E-state index contributed by atoms with van der Waals surface area (Å²) in [5.41, 5.74) is 4.21. The number of benzene rings is 2. The third-order valence-corrected chi connectivity index (χ3v) is 7.53.